The molecule has 3 N–H and O–H groups in total. The van der Waals surface area contributed by atoms with E-state index in [1.165, 1.54) is 31.6 Å². The predicted octanol–water partition coefficient (Wildman–Crippen LogP) is 1.16. The molecule has 0 fully saturated rings. The van der Waals surface area contributed by atoms with E-state index in [1.807, 2.05) is 0 Å². The molecule has 2 aromatic rings. The van der Waals surface area contributed by atoms with Crippen LogP contribution in [0.4, 0.5) is 17.3 Å². The summed E-state index contributed by atoms with van der Waals surface area (Å²) in [6, 6.07) is 3.99. The Morgan fingerprint density at radius 1 is 1.40 bits per heavy atom. The first-order valence-electron chi connectivity index (χ1n) is 5.43. The number of para-hydroxylation sites is 1. The number of H-pyrrole nitrogens is 1. The summed E-state index contributed by atoms with van der Waals surface area (Å²) in [5.74, 6) is -0.0193. The lowest BCUT2D eigenvalue weighted by Crippen LogP contribution is -2.16. The van der Waals surface area contributed by atoms with Crippen molar-refractivity contribution >= 4 is 27.3 Å². The highest BCUT2D eigenvalue weighted by atomic mass is 32.2. The van der Waals surface area contributed by atoms with Crippen molar-refractivity contribution in [1.82, 2.24) is 9.97 Å². The Bertz CT molecular complexity index is 726. The molecular weight excluding hydrogens is 286 g/mol. The van der Waals surface area contributed by atoms with Crippen molar-refractivity contribution in [2.24, 2.45) is 0 Å². The molecule has 0 atom stereocenters. The lowest BCUT2D eigenvalue weighted by atomic mass is 10.3. The molecule has 2 rings (SSSR count). The number of hydrogen-bond acceptors (Lipinski definition) is 6. The first-order chi connectivity index (χ1) is 9.45. The summed E-state index contributed by atoms with van der Waals surface area (Å²) in [7, 11) is -2.65. The number of nitro groups is 1. The second-order valence-electron chi connectivity index (χ2n) is 3.70. The van der Waals surface area contributed by atoms with Gasteiger partial charge in [-0.25, -0.2) is 18.1 Å². The second kappa shape index (κ2) is 5.17. The molecular formula is C10H11N5O4S. The number of hydrogen-bond donors (Lipinski definition) is 3. The lowest BCUT2D eigenvalue weighted by molar-refractivity contribution is -0.386. The smallest absolute Gasteiger partial charge is 0.312 e. The van der Waals surface area contributed by atoms with Crippen molar-refractivity contribution in [1.29, 1.82) is 0 Å². The molecule has 0 saturated heterocycles. The van der Waals surface area contributed by atoms with E-state index in [2.05, 4.69) is 20.0 Å². The molecule has 0 saturated carbocycles. The van der Waals surface area contributed by atoms with E-state index in [0.29, 0.717) is 0 Å². The van der Waals surface area contributed by atoms with Gasteiger partial charge in [0.1, 0.15) is 5.69 Å². The van der Waals surface area contributed by atoms with Crippen LogP contribution in [0.1, 0.15) is 0 Å². The average molecular weight is 297 g/mol. The molecule has 0 bridgehead atoms. The van der Waals surface area contributed by atoms with Gasteiger partial charge in [-0.15, -0.1) is 0 Å². The Labute approximate surface area is 114 Å². The number of nitrogens with one attached hydrogen (secondary N) is 3. The zero-order valence-corrected chi connectivity index (χ0v) is 11.1. The number of nitro benzene ring substituents is 1. The second-order valence-corrected chi connectivity index (χ2v) is 5.35. The number of rotatable bonds is 5. The van der Waals surface area contributed by atoms with E-state index in [-0.39, 0.29) is 11.6 Å². The fraction of sp³-hybridized carbons (Fsp3) is 0.100. The van der Waals surface area contributed by atoms with Crippen LogP contribution in [0.25, 0.3) is 0 Å². The van der Waals surface area contributed by atoms with Crippen molar-refractivity contribution in [2.75, 3.05) is 17.1 Å². The summed E-state index contributed by atoms with van der Waals surface area (Å²) in [4.78, 5) is 16.2. The normalized spacial score (nSPS) is 11.1. The van der Waals surface area contributed by atoms with Crippen molar-refractivity contribution in [3.05, 3.63) is 40.7 Å². The minimum atomic E-state index is -4.12. The third kappa shape index (κ3) is 2.54. The topological polar surface area (TPSA) is 130 Å². The minimum absolute atomic E-state index is 0.0193. The minimum Gasteiger partial charge on any atom is -0.383 e. The van der Waals surface area contributed by atoms with Crippen LogP contribution in [-0.2, 0) is 10.0 Å². The highest BCUT2D eigenvalue weighted by Crippen LogP contribution is 2.32. The summed E-state index contributed by atoms with van der Waals surface area (Å²) in [6.07, 6.45) is 2.78. The number of sulfonamides is 1. The van der Waals surface area contributed by atoms with Gasteiger partial charge in [0.25, 0.3) is 10.0 Å². The van der Waals surface area contributed by atoms with Gasteiger partial charge >= 0.3 is 5.69 Å². The maximum atomic E-state index is 12.2. The average Bonchev–Trinajstić information content (AvgIpc) is 2.89. The highest BCUT2D eigenvalue weighted by molar-refractivity contribution is 7.92. The summed E-state index contributed by atoms with van der Waals surface area (Å²) in [5, 5.41) is 13.7. The quantitative estimate of drug-likeness (QED) is 0.560. The molecule has 10 heteroatoms. The first-order valence-corrected chi connectivity index (χ1v) is 6.91. The highest BCUT2D eigenvalue weighted by Gasteiger charge is 2.29. The predicted molar refractivity (Wildman–Crippen MR) is 72.0 cm³/mol. The van der Waals surface area contributed by atoms with Crippen LogP contribution in [0.15, 0.2) is 35.5 Å². The van der Waals surface area contributed by atoms with Crippen LogP contribution >= 0.6 is 0 Å². The zero-order chi connectivity index (χ0) is 14.8. The van der Waals surface area contributed by atoms with Gasteiger partial charge in [-0.05, 0) is 12.1 Å². The van der Waals surface area contributed by atoms with Crippen LogP contribution in [0.5, 0.6) is 0 Å². The van der Waals surface area contributed by atoms with Crippen molar-refractivity contribution < 1.29 is 13.3 Å². The van der Waals surface area contributed by atoms with E-state index < -0.39 is 25.5 Å². The largest absolute Gasteiger partial charge is 0.383 e. The van der Waals surface area contributed by atoms with Gasteiger partial charge in [0, 0.05) is 19.4 Å². The van der Waals surface area contributed by atoms with E-state index in [4.69, 9.17) is 0 Å². The summed E-state index contributed by atoms with van der Waals surface area (Å²) < 4.78 is 26.5. The maximum Gasteiger partial charge on any atom is 0.312 e. The van der Waals surface area contributed by atoms with Gasteiger partial charge in [-0.3, -0.25) is 10.1 Å². The molecule has 1 heterocycles. The number of anilines is 2. The molecule has 1 aromatic heterocycles. The molecule has 9 nitrogen and oxygen atoms in total. The molecule has 0 spiro atoms. The fourth-order valence-corrected chi connectivity index (χ4v) is 2.81. The number of aromatic nitrogens is 2. The first kappa shape index (κ1) is 13.8. The molecule has 1 aromatic carbocycles. The van der Waals surface area contributed by atoms with Crippen LogP contribution in [0, 0.1) is 10.1 Å². The lowest BCUT2D eigenvalue weighted by Gasteiger charge is -2.08. The van der Waals surface area contributed by atoms with Gasteiger partial charge in [-0.1, -0.05) is 6.07 Å². The van der Waals surface area contributed by atoms with Crippen molar-refractivity contribution in [3.63, 3.8) is 0 Å². The Kier molecular flexibility index (Phi) is 3.57. The van der Waals surface area contributed by atoms with E-state index in [1.54, 1.807) is 0 Å². The molecule has 0 aliphatic rings. The van der Waals surface area contributed by atoms with Gasteiger partial charge < -0.3 is 10.3 Å². The number of benzene rings is 1. The standard InChI is InChI=1S/C10H11N5O4S/c1-11-7-3-2-4-8(9(7)15(16)17)20(18,19)14-10-12-5-6-13-10/h2-6,11H,1H3,(H2,12,13,14). The van der Waals surface area contributed by atoms with Crippen molar-refractivity contribution in [3.8, 4) is 0 Å². The molecule has 0 unspecified atom stereocenters. The van der Waals surface area contributed by atoms with Gasteiger partial charge in [0.05, 0.1) is 4.92 Å². The summed E-state index contributed by atoms with van der Waals surface area (Å²) in [6.45, 7) is 0. The van der Waals surface area contributed by atoms with Gasteiger partial charge in [-0.2, -0.15) is 0 Å². The van der Waals surface area contributed by atoms with Crippen LogP contribution in [-0.4, -0.2) is 30.4 Å². The van der Waals surface area contributed by atoms with Crippen LogP contribution < -0.4 is 10.0 Å². The van der Waals surface area contributed by atoms with E-state index in [0.717, 1.165) is 6.07 Å². The Hall–Kier alpha value is -2.62. The number of imidazole rings is 1. The molecule has 0 aliphatic heterocycles. The summed E-state index contributed by atoms with van der Waals surface area (Å²) in [5.41, 5.74) is -0.411. The molecule has 0 radical (unpaired) electrons. The monoisotopic (exact) mass is 297 g/mol. The fourth-order valence-electron chi connectivity index (χ4n) is 1.63. The molecule has 0 aliphatic carbocycles. The maximum absolute atomic E-state index is 12.2. The van der Waals surface area contributed by atoms with E-state index in [9.17, 15) is 18.5 Å². The number of aromatic amines is 1. The third-order valence-corrected chi connectivity index (χ3v) is 3.84. The summed E-state index contributed by atoms with van der Waals surface area (Å²) >= 11 is 0. The molecule has 20 heavy (non-hydrogen) atoms. The zero-order valence-electron chi connectivity index (χ0n) is 10.3. The Balaban J connectivity index is 2.54. The third-order valence-electron chi connectivity index (χ3n) is 2.47. The SMILES string of the molecule is CNc1cccc(S(=O)(=O)Nc2ncc[nH]2)c1[N+](=O)[O-]. The Morgan fingerprint density at radius 2 is 2.15 bits per heavy atom. The number of nitrogens with zero attached hydrogens (tertiary/aromatic N) is 2. The van der Waals surface area contributed by atoms with Gasteiger partial charge in [0.2, 0.25) is 5.95 Å². The molecule has 0 amide bonds. The molecule has 106 valence electrons. The Morgan fingerprint density at radius 3 is 2.70 bits per heavy atom. The van der Waals surface area contributed by atoms with Crippen molar-refractivity contribution in [2.45, 2.75) is 4.90 Å². The van der Waals surface area contributed by atoms with Crippen LogP contribution in [0.3, 0.4) is 0 Å². The van der Waals surface area contributed by atoms with Gasteiger partial charge in [0.15, 0.2) is 4.90 Å². The van der Waals surface area contributed by atoms with E-state index >= 15 is 0 Å². The van der Waals surface area contributed by atoms with Crippen LogP contribution in [0.2, 0.25) is 0 Å².